The number of rotatable bonds is 5. The maximum Gasteiger partial charge on any atom is 0.344 e. The van der Waals surface area contributed by atoms with Crippen molar-refractivity contribution >= 4 is 22.6 Å². The van der Waals surface area contributed by atoms with E-state index in [4.69, 9.17) is 16.0 Å². The number of phenolic OH excluding ortho intramolecular Hbond substituents is 1. The Bertz CT molecular complexity index is 944. The topological polar surface area (TPSA) is 54.9 Å². The lowest BCUT2D eigenvalue weighted by atomic mass is 10.0. The molecule has 0 atom stereocenters. The van der Waals surface area contributed by atoms with Crippen molar-refractivity contribution < 1.29 is 14.4 Å². The number of fused-ring (bicyclic) bond motifs is 1. The van der Waals surface area contributed by atoms with Crippen molar-refractivity contribution in [1.82, 2.24) is 0 Å². The van der Waals surface area contributed by atoms with Crippen LogP contribution in [-0.4, -0.2) is 18.2 Å². The molecule has 5 heteroatoms. The lowest BCUT2D eigenvalue weighted by molar-refractivity contribution is -0.910. The largest absolute Gasteiger partial charge is 0.507 e. The van der Waals surface area contributed by atoms with Crippen LogP contribution in [-0.2, 0) is 6.54 Å². The summed E-state index contributed by atoms with van der Waals surface area (Å²) < 4.78 is 5.62. The highest BCUT2D eigenvalue weighted by molar-refractivity contribution is 6.30. The van der Waals surface area contributed by atoms with Crippen LogP contribution in [0.25, 0.3) is 22.1 Å². The molecule has 3 aromatic rings. The Kier molecular flexibility index (Phi) is 5.11. The summed E-state index contributed by atoms with van der Waals surface area (Å²) in [6.07, 6.45) is 0. The molecule has 0 saturated heterocycles. The molecule has 25 heavy (non-hydrogen) atoms. The van der Waals surface area contributed by atoms with E-state index in [9.17, 15) is 9.90 Å². The third-order valence-electron chi connectivity index (χ3n) is 4.56. The Hall–Kier alpha value is -2.30. The molecule has 0 bridgehead atoms. The molecular weight excluding hydrogens is 338 g/mol. The second-order valence-electron chi connectivity index (χ2n) is 6.07. The molecule has 1 heterocycles. The average Bonchev–Trinajstić information content (AvgIpc) is 2.62. The molecule has 1 aromatic heterocycles. The lowest BCUT2D eigenvalue weighted by Crippen LogP contribution is -3.10. The highest BCUT2D eigenvalue weighted by Crippen LogP contribution is 2.28. The minimum absolute atomic E-state index is 0.161. The van der Waals surface area contributed by atoms with Gasteiger partial charge in [0, 0.05) is 10.4 Å². The van der Waals surface area contributed by atoms with Crippen LogP contribution in [0.5, 0.6) is 5.75 Å². The second kappa shape index (κ2) is 7.30. The molecule has 130 valence electrons. The van der Waals surface area contributed by atoms with Crippen molar-refractivity contribution in [3.8, 4) is 16.9 Å². The van der Waals surface area contributed by atoms with Crippen LogP contribution in [0, 0.1) is 0 Å². The zero-order chi connectivity index (χ0) is 18.0. The quantitative estimate of drug-likeness (QED) is 0.688. The first kappa shape index (κ1) is 17.5. The molecule has 2 N–H and O–H groups in total. The third kappa shape index (κ3) is 3.55. The van der Waals surface area contributed by atoms with E-state index in [0.717, 1.165) is 24.0 Å². The van der Waals surface area contributed by atoms with E-state index in [0.29, 0.717) is 28.3 Å². The molecule has 0 fully saturated rings. The molecule has 0 aliphatic carbocycles. The van der Waals surface area contributed by atoms with Crippen LogP contribution < -0.4 is 10.5 Å². The Morgan fingerprint density at radius 1 is 1.08 bits per heavy atom. The predicted molar refractivity (Wildman–Crippen MR) is 100 cm³/mol. The molecule has 0 spiro atoms. The fourth-order valence-corrected chi connectivity index (χ4v) is 3.11. The van der Waals surface area contributed by atoms with Gasteiger partial charge in [0.05, 0.1) is 24.2 Å². The van der Waals surface area contributed by atoms with Gasteiger partial charge >= 0.3 is 5.63 Å². The summed E-state index contributed by atoms with van der Waals surface area (Å²) >= 11 is 5.92. The zero-order valence-electron chi connectivity index (χ0n) is 14.3. The Morgan fingerprint density at radius 2 is 1.76 bits per heavy atom. The van der Waals surface area contributed by atoms with Gasteiger partial charge < -0.3 is 14.4 Å². The van der Waals surface area contributed by atoms with Crippen LogP contribution in [0.3, 0.4) is 0 Å². The first-order valence-electron chi connectivity index (χ1n) is 8.41. The van der Waals surface area contributed by atoms with Gasteiger partial charge in [0.25, 0.3) is 0 Å². The van der Waals surface area contributed by atoms with E-state index in [2.05, 4.69) is 13.8 Å². The number of phenols is 1. The lowest BCUT2D eigenvalue weighted by Gasteiger charge is -2.17. The maximum atomic E-state index is 12.5. The van der Waals surface area contributed by atoms with Gasteiger partial charge in [-0.2, -0.15) is 0 Å². The minimum Gasteiger partial charge on any atom is -0.507 e. The molecule has 0 saturated carbocycles. The van der Waals surface area contributed by atoms with E-state index in [1.54, 1.807) is 36.4 Å². The fraction of sp³-hybridized carbons (Fsp3) is 0.250. The van der Waals surface area contributed by atoms with Crippen LogP contribution >= 0.6 is 11.6 Å². The number of benzene rings is 2. The zero-order valence-corrected chi connectivity index (χ0v) is 15.1. The average molecular weight is 359 g/mol. The molecule has 0 aliphatic heterocycles. The van der Waals surface area contributed by atoms with Gasteiger partial charge in [0.2, 0.25) is 0 Å². The van der Waals surface area contributed by atoms with Gasteiger partial charge in [0.1, 0.15) is 12.3 Å². The van der Waals surface area contributed by atoms with Crippen LogP contribution in [0.4, 0.5) is 0 Å². The summed E-state index contributed by atoms with van der Waals surface area (Å²) in [4.78, 5) is 13.8. The summed E-state index contributed by atoms with van der Waals surface area (Å²) in [6.45, 7) is 6.66. The highest BCUT2D eigenvalue weighted by Gasteiger charge is 2.17. The van der Waals surface area contributed by atoms with Gasteiger partial charge in [-0.3, -0.25) is 0 Å². The number of aromatic hydroxyl groups is 1. The highest BCUT2D eigenvalue weighted by atomic mass is 35.5. The molecule has 0 radical (unpaired) electrons. The van der Waals surface area contributed by atoms with Gasteiger partial charge in [0.15, 0.2) is 5.58 Å². The molecule has 0 aliphatic rings. The molecule has 4 nitrogen and oxygen atoms in total. The van der Waals surface area contributed by atoms with Crippen molar-refractivity contribution in [2.75, 3.05) is 13.1 Å². The Balaban J connectivity index is 2.15. The van der Waals surface area contributed by atoms with E-state index in [1.807, 2.05) is 6.07 Å². The van der Waals surface area contributed by atoms with Crippen LogP contribution in [0.2, 0.25) is 5.02 Å². The van der Waals surface area contributed by atoms with Crippen molar-refractivity contribution in [1.29, 1.82) is 0 Å². The fourth-order valence-electron chi connectivity index (χ4n) is 2.98. The summed E-state index contributed by atoms with van der Waals surface area (Å²) in [5.41, 5.74) is 1.95. The van der Waals surface area contributed by atoms with Gasteiger partial charge in [-0.05, 0) is 49.7 Å². The number of halogens is 1. The summed E-state index contributed by atoms with van der Waals surface area (Å²) in [5, 5.41) is 11.7. The van der Waals surface area contributed by atoms with E-state index < -0.39 is 5.63 Å². The van der Waals surface area contributed by atoms with Crippen molar-refractivity contribution in [3.05, 3.63) is 63.5 Å². The summed E-state index contributed by atoms with van der Waals surface area (Å²) in [6, 6.07) is 12.3. The van der Waals surface area contributed by atoms with Gasteiger partial charge in [-0.15, -0.1) is 0 Å². The normalized spacial score (nSPS) is 11.4. The monoisotopic (exact) mass is 358 g/mol. The Labute approximate surface area is 151 Å². The minimum atomic E-state index is -0.420. The predicted octanol–water partition coefficient (Wildman–Crippen LogP) is 3.24. The molecule has 2 aromatic carbocycles. The maximum absolute atomic E-state index is 12.5. The third-order valence-corrected chi connectivity index (χ3v) is 4.81. The number of hydrogen-bond acceptors (Lipinski definition) is 3. The summed E-state index contributed by atoms with van der Waals surface area (Å²) in [5.74, 6) is 0.161. The number of nitrogens with one attached hydrogen (secondary N) is 1. The molecule has 0 unspecified atom stereocenters. The van der Waals surface area contributed by atoms with Crippen molar-refractivity contribution in [2.45, 2.75) is 20.4 Å². The first-order valence-corrected chi connectivity index (χ1v) is 8.79. The molecule has 3 rings (SSSR count). The summed E-state index contributed by atoms with van der Waals surface area (Å²) in [7, 11) is 0. The smallest absolute Gasteiger partial charge is 0.344 e. The molecular formula is C20H21ClNO3+. The van der Waals surface area contributed by atoms with E-state index >= 15 is 0 Å². The standard InChI is InChI=1S/C20H20ClNO3/c1-3-22(4-2)12-17-18(23)10-7-14-11-16(20(24)25-19(14)17)13-5-8-15(21)9-6-13/h5-11,23H,3-4,12H2,1-2H3/p+1. The number of quaternary nitrogens is 1. The van der Waals surface area contributed by atoms with E-state index in [1.165, 1.54) is 4.90 Å². The van der Waals surface area contributed by atoms with Crippen molar-refractivity contribution in [2.24, 2.45) is 0 Å². The Morgan fingerprint density at radius 3 is 2.40 bits per heavy atom. The number of hydrogen-bond donors (Lipinski definition) is 2. The van der Waals surface area contributed by atoms with Gasteiger partial charge in [-0.25, -0.2) is 4.79 Å². The second-order valence-corrected chi connectivity index (χ2v) is 6.51. The molecule has 0 amide bonds. The van der Waals surface area contributed by atoms with Crippen LogP contribution in [0.15, 0.2) is 51.7 Å². The SMILES string of the molecule is CC[NH+](CC)Cc1c(O)ccc2cc(-c3ccc(Cl)cc3)c(=O)oc12. The van der Waals surface area contributed by atoms with Crippen molar-refractivity contribution in [3.63, 3.8) is 0 Å². The van der Waals surface area contributed by atoms with Gasteiger partial charge in [-0.1, -0.05) is 23.7 Å². The van der Waals surface area contributed by atoms with Crippen LogP contribution in [0.1, 0.15) is 19.4 Å². The first-order chi connectivity index (χ1) is 12.0. The van der Waals surface area contributed by atoms with E-state index in [-0.39, 0.29) is 5.75 Å².